The minimum Gasteiger partial charge on any atom is -0.361 e. The van der Waals surface area contributed by atoms with Crippen LogP contribution in [0.25, 0.3) is 0 Å². The van der Waals surface area contributed by atoms with Gasteiger partial charge in [0.15, 0.2) is 0 Å². The lowest BCUT2D eigenvalue weighted by molar-refractivity contribution is -0.115. The third kappa shape index (κ3) is 4.16. The Morgan fingerprint density at radius 2 is 2.09 bits per heavy atom. The third-order valence-corrected chi connectivity index (χ3v) is 2.89. The van der Waals surface area contributed by atoms with Gasteiger partial charge in [0.25, 0.3) is 5.91 Å². The summed E-state index contributed by atoms with van der Waals surface area (Å²) in [6.45, 7) is 2.48. The molecule has 0 saturated carbocycles. The van der Waals surface area contributed by atoms with Crippen molar-refractivity contribution in [2.45, 2.75) is 13.3 Å². The summed E-state index contributed by atoms with van der Waals surface area (Å²) in [6.07, 6.45) is 0.0795. The molecule has 0 aliphatic carbocycles. The van der Waals surface area contributed by atoms with E-state index < -0.39 is 0 Å². The second kappa shape index (κ2) is 7.37. The number of hydrogen-bond acceptors (Lipinski definition) is 5. The second-order valence-corrected chi connectivity index (χ2v) is 4.74. The van der Waals surface area contributed by atoms with E-state index in [1.807, 2.05) is 0 Å². The van der Waals surface area contributed by atoms with Crippen LogP contribution in [0.4, 0.5) is 5.69 Å². The molecule has 4 N–H and O–H groups in total. The van der Waals surface area contributed by atoms with Crippen LogP contribution in [-0.4, -0.2) is 30.1 Å². The molecule has 2 aromatic rings. The number of aromatic nitrogens is 1. The Kier molecular flexibility index (Phi) is 5.26. The van der Waals surface area contributed by atoms with Crippen LogP contribution in [0.1, 0.15) is 21.8 Å². The molecule has 0 fully saturated rings. The van der Waals surface area contributed by atoms with Gasteiger partial charge in [0.1, 0.15) is 5.76 Å². The van der Waals surface area contributed by atoms with Crippen molar-refractivity contribution in [3.05, 3.63) is 47.3 Å². The van der Waals surface area contributed by atoms with Crippen LogP contribution in [0.5, 0.6) is 0 Å². The number of rotatable bonds is 6. The first-order valence-corrected chi connectivity index (χ1v) is 6.89. The maximum absolute atomic E-state index is 12.0. The maximum atomic E-state index is 12.0. The standard InChI is InChI=1S/C15H18N4O3/c1-10-8-11(19-22-10)9-14(20)18-13-5-3-2-4-12(13)15(21)17-7-6-16/h2-5,8H,6-7,9,16H2,1H3,(H,17,21)(H,18,20). The van der Waals surface area contributed by atoms with Gasteiger partial charge in [-0.25, -0.2) is 0 Å². The molecule has 2 rings (SSSR count). The lowest BCUT2D eigenvalue weighted by Crippen LogP contribution is -2.30. The number of nitrogens with zero attached hydrogens (tertiary/aromatic N) is 1. The van der Waals surface area contributed by atoms with Crippen molar-refractivity contribution in [1.29, 1.82) is 0 Å². The van der Waals surface area contributed by atoms with Crippen molar-refractivity contribution in [3.8, 4) is 0 Å². The van der Waals surface area contributed by atoms with Gasteiger partial charge in [-0.2, -0.15) is 0 Å². The van der Waals surface area contributed by atoms with Gasteiger partial charge >= 0.3 is 0 Å². The van der Waals surface area contributed by atoms with Crippen molar-refractivity contribution in [2.24, 2.45) is 5.73 Å². The molecule has 1 aromatic heterocycles. The number of hydrogen-bond donors (Lipinski definition) is 3. The number of aryl methyl sites for hydroxylation is 1. The van der Waals surface area contributed by atoms with E-state index in [4.69, 9.17) is 10.3 Å². The van der Waals surface area contributed by atoms with E-state index >= 15 is 0 Å². The first-order valence-electron chi connectivity index (χ1n) is 6.89. The van der Waals surface area contributed by atoms with Crippen molar-refractivity contribution in [1.82, 2.24) is 10.5 Å². The highest BCUT2D eigenvalue weighted by Crippen LogP contribution is 2.15. The number of para-hydroxylation sites is 1. The number of nitrogens with two attached hydrogens (primary N) is 1. The Hall–Kier alpha value is -2.67. The van der Waals surface area contributed by atoms with Gasteiger partial charge in [-0.3, -0.25) is 9.59 Å². The zero-order valence-electron chi connectivity index (χ0n) is 12.3. The van der Waals surface area contributed by atoms with Gasteiger partial charge in [0, 0.05) is 19.2 Å². The Morgan fingerprint density at radius 3 is 2.77 bits per heavy atom. The summed E-state index contributed by atoms with van der Waals surface area (Å²) in [5, 5.41) is 9.15. The zero-order chi connectivity index (χ0) is 15.9. The molecule has 0 unspecified atom stereocenters. The zero-order valence-corrected chi connectivity index (χ0v) is 12.3. The molecular weight excluding hydrogens is 284 g/mol. The van der Waals surface area contributed by atoms with Gasteiger partial charge in [-0.15, -0.1) is 0 Å². The molecule has 0 atom stereocenters. The Labute approximate surface area is 127 Å². The molecule has 0 saturated heterocycles. The molecule has 22 heavy (non-hydrogen) atoms. The van der Waals surface area contributed by atoms with Crippen LogP contribution in [0.3, 0.4) is 0 Å². The number of anilines is 1. The minimum absolute atomic E-state index is 0.0795. The van der Waals surface area contributed by atoms with Crippen LogP contribution in [0, 0.1) is 6.92 Å². The van der Waals surface area contributed by atoms with Crippen molar-refractivity contribution < 1.29 is 14.1 Å². The quantitative estimate of drug-likeness (QED) is 0.733. The molecule has 1 heterocycles. The molecule has 116 valence electrons. The van der Waals surface area contributed by atoms with E-state index in [1.165, 1.54) is 0 Å². The molecule has 0 spiro atoms. The summed E-state index contributed by atoms with van der Waals surface area (Å²) in [4.78, 5) is 24.1. The lowest BCUT2D eigenvalue weighted by atomic mass is 10.1. The van der Waals surface area contributed by atoms with Crippen LogP contribution >= 0.6 is 0 Å². The summed E-state index contributed by atoms with van der Waals surface area (Å²) in [7, 11) is 0. The van der Waals surface area contributed by atoms with Crippen molar-refractivity contribution in [3.63, 3.8) is 0 Å². The van der Waals surface area contributed by atoms with Gasteiger partial charge in [0.2, 0.25) is 5.91 Å². The number of amides is 2. The number of carbonyl (C=O) groups excluding carboxylic acids is 2. The minimum atomic E-state index is -0.279. The van der Waals surface area contributed by atoms with E-state index in [-0.39, 0.29) is 18.2 Å². The average molecular weight is 302 g/mol. The van der Waals surface area contributed by atoms with Crippen LogP contribution in [-0.2, 0) is 11.2 Å². The predicted molar refractivity (Wildman–Crippen MR) is 81.4 cm³/mol. The molecule has 7 heteroatoms. The predicted octanol–water partition coefficient (Wildman–Crippen LogP) is 0.853. The van der Waals surface area contributed by atoms with E-state index in [9.17, 15) is 9.59 Å². The summed E-state index contributed by atoms with van der Waals surface area (Å²) >= 11 is 0. The van der Waals surface area contributed by atoms with Gasteiger partial charge in [-0.05, 0) is 19.1 Å². The molecule has 1 aromatic carbocycles. The molecule has 7 nitrogen and oxygen atoms in total. The average Bonchev–Trinajstić information content (AvgIpc) is 2.90. The third-order valence-electron chi connectivity index (χ3n) is 2.89. The largest absolute Gasteiger partial charge is 0.361 e. The lowest BCUT2D eigenvalue weighted by Gasteiger charge is -2.10. The fourth-order valence-corrected chi connectivity index (χ4v) is 1.93. The van der Waals surface area contributed by atoms with E-state index in [2.05, 4.69) is 15.8 Å². The van der Waals surface area contributed by atoms with Crippen molar-refractivity contribution >= 4 is 17.5 Å². The topological polar surface area (TPSA) is 110 Å². The summed E-state index contributed by atoms with van der Waals surface area (Å²) in [6, 6.07) is 8.48. The molecule has 2 amide bonds. The van der Waals surface area contributed by atoms with E-state index in [0.29, 0.717) is 35.8 Å². The molecular formula is C15H18N4O3. The van der Waals surface area contributed by atoms with Gasteiger partial charge in [0.05, 0.1) is 23.4 Å². The second-order valence-electron chi connectivity index (χ2n) is 4.74. The van der Waals surface area contributed by atoms with Crippen LogP contribution < -0.4 is 16.4 Å². The highest BCUT2D eigenvalue weighted by atomic mass is 16.5. The molecule has 0 bridgehead atoms. The first-order chi connectivity index (χ1) is 10.6. The number of benzene rings is 1. The van der Waals surface area contributed by atoms with Gasteiger partial charge in [-0.1, -0.05) is 17.3 Å². The number of nitrogens with one attached hydrogen (secondary N) is 2. The monoisotopic (exact) mass is 302 g/mol. The van der Waals surface area contributed by atoms with E-state index in [1.54, 1.807) is 37.3 Å². The van der Waals surface area contributed by atoms with Crippen LogP contribution in [0.15, 0.2) is 34.9 Å². The molecule has 0 radical (unpaired) electrons. The fraction of sp³-hybridized carbons (Fsp3) is 0.267. The van der Waals surface area contributed by atoms with Crippen LogP contribution in [0.2, 0.25) is 0 Å². The van der Waals surface area contributed by atoms with E-state index in [0.717, 1.165) is 0 Å². The van der Waals surface area contributed by atoms with Crippen molar-refractivity contribution in [2.75, 3.05) is 18.4 Å². The SMILES string of the molecule is Cc1cc(CC(=O)Nc2ccccc2C(=O)NCCN)no1. The van der Waals surface area contributed by atoms with Gasteiger partial charge < -0.3 is 20.9 Å². The summed E-state index contributed by atoms with van der Waals surface area (Å²) in [5.74, 6) is 0.0929. The Bertz CT molecular complexity index is 666. The highest BCUT2D eigenvalue weighted by Gasteiger charge is 2.14. The highest BCUT2D eigenvalue weighted by molar-refractivity contribution is 6.04. The fourth-order valence-electron chi connectivity index (χ4n) is 1.93. The summed E-state index contributed by atoms with van der Waals surface area (Å²) < 4.78 is 4.92. The number of carbonyl (C=O) groups is 2. The Morgan fingerprint density at radius 1 is 1.32 bits per heavy atom. The summed E-state index contributed by atoms with van der Waals surface area (Å²) in [5.41, 5.74) is 6.74. The normalized spacial score (nSPS) is 10.3. The smallest absolute Gasteiger partial charge is 0.253 e. The molecule has 0 aliphatic rings. The molecule has 0 aliphatic heterocycles. The Balaban J connectivity index is 2.05. The maximum Gasteiger partial charge on any atom is 0.253 e. The first kappa shape index (κ1) is 15.7.